The zero-order valence-electron chi connectivity index (χ0n) is 23.1. The molecule has 0 spiro atoms. The molecule has 0 bridgehead atoms. The van der Waals surface area contributed by atoms with E-state index in [-0.39, 0.29) is 31.0 Å². The second kappa shape index (κ2) is 12.1. The van der Waals surface area contributed by atoms with Crippen molar-refractivity contribution in [3.05, 3.63) is 71.3 Å². The smallest absolute Gasteiger partial charge is 0.393 e. The number of aromatic nitrogens is 3. The molecule has 1 aromatic heterocycles. The number of methoxy groups -OCH3 is 1. The van der Waals surface area contributed by atoms with Crippen LogP contribution in [0.15, 0.2) is 48.5 Å². The van der Waals surface area contributed by atoms with Gasteiger partial charge in [-0.05, 0) is 42.7 Å². The van der Waals surface area contributed by atoms with Crippen LogP contribution in [-0.2, 0) is 21.6 Å². The summed E-state index contributed by atoms with van der Waals surface area (Å²) in [5, 5.41) is 14.1. The predicted molar refractivity (Wildman–Crippen MR) is 144 cm³/mol. The minimum atomic E-state index is -5.07. The molecule has 2 aliphatic heterocycles. The molecule has 12 nitrogen and oxygen atoms in total. The van der Waals surface area contributed by atoms with Crippen LogP contribution in [0.1, 0.15) is 40.5 Å². The Morgan fingerprint density at radius 2 is 1.73 bits per heavy atom. The number of aliphatic carboxylic acids is 1. The Labute approximate surface area is 249 Å². The minimum absolute atomic E-state index is 0.0359. The zero-order valence-corrected chi connectivity index (χ0v) is 24.0. The summed E-state index contributed by atoms with van der Waals surface area (Å²) in [4.78, 5) is 30.2. The van der Waals surface area contributed by atoms with Crippen LogP contribution in [0.4, 0.5) is 17.6 Å². The number of para-hydroxylation sites is 1. The van der Waals surface area contributed by atoms with E-state index in [0.29, 0.717) is 27.4 Å². The summed E-state index contributed by atoms with van der Waals surface area (Å²) in [7, 11) is -3.31. The highest BCUT2D eigenvalue weighted by molar-refractivity contribution is 7.86. The van der Waals surface area contributed by atoms with Gasteiger partial charge < -0.3 is 14.6 Å². The Hall–Kier alpha value is -4.09. The van der Waals surface area contributed by atoms with E-state index < -0.39 is 70.3 Å². The van der Waals surface area contributed by atoms with Crippen molar-refractivity contribution in [2.45, 2.75) is 37.6 Å². The summed E-state index contributed by atoms with van der Waals surface area (Å²) in [6.07, 6.45) is -4.12. The van der Waals surface area contributed by atoms with Gasteiger partial charge in [0.2, 0.25) is 0 Å². The topological polar surface area (TPSA) is 144 Å². The van der Waals surface area contributed by atoms with Crippen molar-refractivity contribution in [3.63, 3.8) is 0 Å². The van der Waals surface area contributed by atoms with Crippen molar-refractivity contribution in [1.82, 2.24) is 23.4 Å². The standard InChI is InChI=1S/C27H27F4N5O7S/c1-42-20-7-3-2-6-18(20)24(37)36-26(43-15-16-8-10-17(28)11-9-16)32-23(33-36)21-19(27(29,30)31)14-35(22(21)25(38)39)44(40,41)34-12-4-5-13-34/h2-3,6-11,19,21-22H,4-5,12-15H2,1H3,(H,38,39). The lowest BCUT2D eigenvalue weighted by atomic mass is 9.89. The number of carboxylic acids is 1. The van der Waals surface area contributed by atoms with Crippen LogP contribution in [0.2, 0.25) is 0 Å². The first-order chi connectivity index (χ1) is 20.8. The maximum Gasteiger partial charge on any atom is 0.393 e. The van der Waals surface area contributed by atoms with Crippen molar-refractivity contribution in [3.8, 4) is 11.8 Å². The summed E-state index contributed by atoms with van der Waals surface area (Å²) in [6, 6.07) is 8.11. The molecular weight excluding hydrogens is 614 g/mol. The monoisotopic (exact) mass is 641 g/mol. The molecule has 3 atom stereocenters. The van der Waals surface area contributed by atoms with E-state index in [0.717, 1.165) is 16.4 Å². The maximum atomic E-state index is 14.5. The summed E-state index contributed by atoms with van der Waals surface area (Å²) < 4.78 is 96.3. The third-order valence-electron chi connectivity index (χ3n) is 7.52. The van der Waals surface area contributed by atoms with Gasteiger partial charge in [0.05, 0.1) is 24.5 Å². The van der Waals surface area contributed by atoms with Crippen LogP contribution in [-0.4, -0.2) is 87.7 Å². The van der Waals surface area contributed by atoms with Crippen LogP contribution in [0.5, 0.6) is 11.8 Å². The first-order valence-corrected chi connectivity index (χ1v) is 14.8. The number of halogens is 4. The average Bonchev–Trinajstić information content (AvgIpc) is 3.75. The second-order valence-electron chi connectivity index (χ2n) is 10.2. The number of carbonyl (C=O) groups excluding carboxylic acids is 1. The van der Waals surface area contributed by atoms with Gasteiger partial charge in [0, 0.05) is 19.6 Å². The van der Waals surface area contributed by atoms with Crippen LogP contribution in [0, 0.1) is 11.7 Å². The molecular formula is C27H27F4N5O7S. The molecule has 17 heteroatoms. The van der Waals surface area contributed by atoms with Crippen LogP contribution < -0.4 is 9.47 Å². The number of benzene rings is 2. The molecule has 2 saturated heterocycles. The molecule has 0 radical (unpaired) electrons. The van der Waals surface area contributed by atoms with Gasteiger partial charge in [0.1, 0.15) is 24.2 Å². The normalized spacial score (nSPS) is 21.4. The van der Waals surface area contributed by atoms with E-state index in [1.807, 2.05) is 0 Å². The first kappa shape index (κ1) is 31.3. The van der Waals surface area contributed by atoms with Crippen molar-refractivity contribution in [2.75, 3.05) is 26.7 Å². The van der Waals surface area contributed by atoms with Gasteiger partial charge in [-0.25, -0.2) is 4.39 Å². The molecule has 5 rings (SSSR count). The van der Waals surface area contributed by atoms with E-state index in [4.69, 9.17) is 9.47 Å². The molecule has 2 aromatic carbocycles. The lowest BCUT2D eigenvalue weighted by Gasteiger charge is -2.27. The fraction of sp³-hybridized carbons (Fsp3) is 0.407. The molecule has 0 saturated carbocycles. The largest absolute Gasteiger partial charge is 0.496 e. The van der Waals surface area contributed by atoms with Gasteiger partial charge in [-0.3, -0.25) is 9.59 Å². The molecule has 236 valence electrons. The highest BCUT2D eigenvalue weighted by Crippen LogP contribution is 2.47. The van der Waals surface area contributed by atoms with Gasteiger partial charge in [-0.2, -0.15) is 35.2 Å². The molecule has 0 aliphatic carbocycles. The number of nitrogens with zero attached hydrogens (tertiary/aromatic N) is 5. The SMILES string of the molecule is COc1ccccc1C(=O)n1nc(C2C(C(=O)O)N(S(=O)(=O)N3CCCC3)CC2C(F)(F)F)nc1OCc1ccc(F)cc1. The fourth-order valence-corrected chi connectivity index (χ4v) is 7.25. The Balaban J connectivity index is 1.61. The third-order valence-corrected chi connectivity index (χ3v) is 9.51. The second-order valence-corrected chi connectivity index (χ2v) is 12.1. The summed E-state index contributed by atoms with van der Waals surface area (Å²) in [5.74, 6) is -8.61. The number of rotatable bonds is 9. The van der Waals surface area contributed by atoms with E-state index in [1.165, 1.54) is 37.4 Å². The molecule has 0 amide bonds. The first-order valence-electron chi connectivity index (χ1n) is 13.4. The summed E-state index contributed by atoms with van der Waals surface area (Å²) >= 11 is 0. The average molecular weight is 642 g/mol. The molecule has 2 fully saturated rings. The summed E-state index contributed by atoms with van der Waals surface area (Å²) in [6.45, 7) is -1.43. The molecule has 3 heterocycles. The van der Waals surface area contributed by atoms with Gasteiger partial charge in [-0.15, -0.1) is 9.78 Å². The van der Waals surface area contributed by atoms with Crippen molar-refractivity contribution >= 4 is 22.1 Å². The highest BCUT2D eigenvalue weighted by Gasteiger charge is 2.62. The van der Waals surface area contributed by atoms with Crippen LogP contribution in [0.3, 0.4) is 0 Å². The van der Waals surface area contributed by atoms with Crippen LogP contribution in [0.25, 0.3) is 0 Å². The Bertz CT molecular complexity index is 1640. The maximum absolute atomic E-state index is 14.5. The van der Waals surface area contributed by atoms with Gasteiger partial charge in [0.15, 0.2) is 5.82 Å². The molecule has 3 unspecified atom stereocenters. The third kappa shape index (κ3) is 5.98. The number of hydrogen-bond acceptors (Lipinski definition) is 8. The van der Waals surface area contributed by atoms with Crippen molar-refractivity contribution in [2.24, 2.45) is 5.92 Å². The predicted octanol–water partition coefficient (Wildman–Crippen LogP) is 3.06. The van der Waals surface area contributed by atoms with E-state index >= 15 is 0 Å². The lowest BCUT2D eigenvalue weighted by molar-refractivity contribution is -0.174. The molecule has 3 aromatic rings. The lowest BCUT2D eigenvalue weighted by Crippen LogP contribution is -2.48. The van der Waals surface area contributed by atoms with Crippen molar-refractivity contribution in [1.29, 1.82) is 0 Å². The Morgan fingerprint density at radius 1 is 1.07 bits per heavy atom. The Morgan fingerprint density at radius 3 is 2.34 bits per heavy atom. The van der Waals surface area contributed by atoms with Crippen LogP contribution >= 0.6 is 0 Å². The molecule has 2 aliphatic rings. The molecule has 44 heavy (non-hydrogen) atoms. The number of carboxylic acid groups (broad SMARTS) is 1. The number of hydrogen-bond donors (Lipinski definition) is 1. The Kier molecular flexibility index (Phi) is 8.64. The van der Waals surface area contributed by atoms with E-state index in [1.54, 1.807) is 6.07 Å². The van der Waals surface area contributed by atoms with Gasteiger partial charge in [-0.1, -0.05) is 24.3 Å². The fourth-order valence-electron chi connectivity index (χ4n) is 5.37. The van der Waals surface area contributed by atoms with E-state index in [9.17, 15) is 40.7 Å². The number of carbonyl (C=O) groups is 2. The quantitative estimate of drug-likeness (QED) is 0.349. The summed E-state index contributed by atoms with van der Waals surface area (Å²) in [5.41, 5.74) is 0.345. The zero-order chi connectivity index (χ0) is 31.8. The van der Waals surface area contributed by atoms with Gasteiger partial charge in [0.25, 0.3) is 16.1 Å². The number of ether oxygens (including phenoxy) is 2. The highest BCUT2D eigenvalue weighted by atomic mass is 32.2. The van der Waals surface area contributed by atoms with E-state index in [2.05, 4.69) is 10.1 Å². The molecule has 1 N–H and O–H groups in total. The number of alkyl halides is 3. The van der Waals surface area contributed by atoms with Crippen molar-refractivity contribution < 1.29 is 50.1 Å². The van der Waals surface area contributed by atoms with Gasteiger partial charge >= 0.3 is 18.2 Å². The minimum Gasteiger partial charge on any atom is -0.496 e.